The van der Waals surface area contributed by atoms with Gasteiger partial charge in [0, 0.05) is 0 Å². The van der Waals surface area contributed by atoms with Crippen molar-refractivity contribution in [3.8, 4) is 0 Å². The molecule has 12 heavy (non-hydrogen) atoms. The largest absolute Gasteiger partial charge is 1.00 e. The first-order chi connectivity index (χ1) is 5.38. The summed E-state index contributed by atoms with van der Waals surface area (Å²) < 4.78 is 0. The number of rotatable bonds is 0. The van der Waals surface area contributed by atoms with Crippen molar-refractivity contribution in [1.29, 1.82) is 0 Å². The zero-order valence-electron chi connectivity index (χ0n) is 8.54. The zero-order valence-corrected chi connectivity index (χ0v) is 7.54. The number of hydrogen-bond acceptors (Lipinski definition) is 0. The van der Waals surface area contributed by atoms with Crippen LogP contribution in [-0.4, -0.2) is 0 Å². The Morgan fingerprint density at radius 2 is 1.58 bits per heavy atom. The van der Waals surface area contributed by atoms with E-state index in [2.05, 4.69) is 49.4 Å². The normalized spacial score (nSPS) is 9.42. The summed E-state index contributed by atoms with van der Waals surface area (Å²) >= 11 is 0. The quantitative estimate of drug-likeness (QED) is 0.473. The maximum atomic E-state index is 2.16. The fourth-order valence-corrected chi connectivity index (χ4v) is 1.39. The molecule has 0 fully saturated rings. The molecule has 0 unspecified atom stereocenters. The molecule has 0 amide bonds. The average molecular weight is 150 g/mol. The second-order valence-electron chi connectivity index (χ2n) is 2.80. The Labute approximate surface area is 86.3 Å². The van der Waals surface area contributed by atoms with Crippen molar-refractivity contribution in [2.45, 2.75) is 6.92 Å². The molecule has 0 spiro atoms. The molecule has 0 aromatic heterocycles. The van der Waals surface area contributed by atoms with Gasteiger partial charge in [0.1, 0.15) is 0 Å². The minimum absolute atomic E-state index is 0. The van der Waals surface area contributed by atoms with Gasteiger partial charge in [0.05, 0.1) is 0 Å². The van der Waals surface area contributed by atoms with Crippen LogP contribution < -0.4 is 18.9 Å². The van der Waals surface area contributed by atoms with Crippen LogP contribution in [0.25, 0.3) is 10.8 Å². The second kappa shape index (κ2) is 3.80. The van der Waals surface area contributed by atoms with Gasteiger partial charge in [-0.3, -0.25) is 0 Å². The van der Waals surface area contributed by atoms with Crippen molar-refractivity contribution in [1.82, 2.24) is 0 Å². The van der Waals surface area contributed by atoms with Gasteiger partial charge in [-0.1, -0.05) is 42.5 Å². The molecule has 0 aliphatic heterocycles. The molecule has 2 rings (SSSR count). The maximum absolute atomic E-state index is 2.16. The Balaban J connectivity index is 0.000000720. The molecule has 0 atom stereocenters. The molecule has 0 radical (unpaired) electrons. The van der Waals surface area contributed by atoms with E-state index in [-0.39, 0.29) is 20.3 Å². The smallest absolute Gasteiger partial charge is 1.00 e. The molecular weight excluding hydrogens is 139 g/mol. The van der Waals surface area contributed by atoms with E-state index in [0.717, 1.165) is 0 Å². The van der Waals surface area contributed by atoms with E-state index in [1.165, 1.54) is 16.3 Å². The Morgan fingerprint density at radius 1 is 0.917 bits per heavy atom. The first kappa shape index (κ1) is 9.39. The van der Waals surface area contributed by atoms with Crippen molar-refractivity contribution in [3.63, 3.8) is 0 Å². The van der Waals surface area contributed by atoms with Crippen LogP contribution in [-0.2, 0) is 0 Å². The van der Waals surface area contributed by atoms with E-state index >= 15 is 0 Å². The van der Waals surface area contributed by atoms with Gasteiger partial charge in [-0.15, -0.1) is 0 Å². The third-order valence-corrected chi connectivity index (χ3v) is 2.01. The Kier molecular flexibility index (Phi) is 2.98. The van der Waals surface area contributed by atoms with Crippen LogP contribution in [0, 0.1) is 6.92 Å². The average Bonchev–Trinajstić information content (AvgIpc) is 2.06. The first-order valence-corrected chi connectivity index (χ1v) is 3.82. The maximum Gasteiger partial charge on any atom is 1.00 e. The summed E-state index contributed by atoms with van der Waals surface area (Å²) in [6, 6.07) is 14.8. The predicted molar refractivity (Wildman–Crippen MR) is 49.8 cm³/mol. The molecular formula is C11H11Li. The topological polar surface area (TPSA) is 0 Å². The minimum Gasteiger partial charge on any atom is -1.00 e. The predicted octanol–water partition coefficient (Wildman–Crippen LogP) is 0.265. The van der Waals surface area contributed by atoms with E-state index < -0.39 is 0 Å². The summed E-state index contributed by atoms with van der Waals surface area (Å²) in [7, 11) is 0. The van der Waals surface area contributed by atoms with Gasteiger partial charge in [-0.25, -0.2) is 0 Å². The molecule has 0 N–H and O–H groups in total. The SMILES string of the molecule is Cc1cccc2ccccc12.[H-].[Li+]. The molecule has 0 nitrogen and oxygen atoms in total. The summed E-state index contributed by atoms with van der Waals surface area (Å²) in [5, 5.41) is 2.68. The zero-order chi connectivity index (χ0) is 7.68. The van der Waals surface area contributed by atoms with Gasteiger partial charge in [0.15, 0.2) is 0 Å². The summed E-state index contributed by atoms with van der Waals surface area (Å²) in [5.74, 6) is 0. The van der Waals surface area contributed by atoms with E-state index in [0.29, 0.717) is 0 Å². The van der Waals surface area contributed by atoms with Crippen molar-refractivity contribution in [2.24, 2.45) is 0 Å². The summed E-state index contributed by atoms with van der Waals surface area (Å²) in [6.45, 7) is 2.14. The number of hydrogen-bond donors (Lipinski definition) is 0. The standard InChI is InChI=1S/C11H10.Li.H/c1-9-5-4-7-10-6-2-3-8-11(9)10;;/h2-8H,1H3;;/q;+1;-1. The molecule has 0 saturated carbocycles. The van der Waals surface area contributed by atoms with Crippen LogP contribution in [0.15, 0.2) is 42.5 Å². The molecule has 0 saturated heterocycles. The molecule has 2 aromatic carbocycles. The second-order valence-corrected chi connectivity index (χ2v) is 2.80. The van der Waals surface area contributed by atoms with Crippen LogP contribution in [0.5, 0.6) is 0 Å². The summed E-state index contributed by atoms with van der Waals surface area (Å²) in [5.41, 5.74) is 1.35. The van der Waals surface area contributed by atoms with E-state index in [1.54, 1.807) is 0 Å². The Morgan fingerprint density at radius 3 is 2.33 bits per heavy atom. The minimum atomic E-state index is 0. The van der Waals surface area contributed by atoms with Crippen LogP contribution in [0.4, 0.5) is 0 Å². The van der Waals surface area contributed by atoms with E-state index in [9.17, 15) is 0 Å². The molecule has 0 heterocycles. The van der Waals surface area contributed by atoms with Crippen molar-refractivity contribution >= 4 is 10.8 Å². The third kappa shape index (κ3) is 1.55. The van der Waals surface area contributed by atoms with E-state index in [1.807, 2.05) is 0 Å². The van der Waals surface area contributed by atoms with Crippen LogP contribution in [0.2, 0.25) is 0 Å². The van der Waals surface area contributed by atoms with Crippen LogP contribution in [0.1, 0.15) is 6.99 Å². The molecule has 56 valence electrons. The van der Waals surface area contributed by atoms with Gasteiger partial charge < -0.3 is 1.43 Å². The van der Waals surface area contributed by atoms with Gasteiger partial charge >= 0.3 is 18.9 Å². The molecule has 0 aliphatic rings. The molecule has 2 aromatic rings. The Hall–Kier alpha value is -0.703. The Bertz CT molecular complexity index is 379. The molecule has 1 heteroatoms. The fraction of sp³-hybridized carbons (Fsp3) is 0.0909. The first-order valence-electron chi connectivity index (χ1n) is 3.82. The summed E-state index contributed by atoms with van der Waals surface area (Å²) in [4.78, 5) is 0. The van der Waals surface area contributed by atoms with Gasteiger partial charge in [0.2, 0.25) is 0 Å². The van der Waals surface area contributed by atoms with Crippen molar-refractivity contribution in [3.05, 3.63) is 48.0 Å². The number of benzene rings is 2. The van der Waals surface area contributed by atoms with E-state index in [4.69, 9.17) is 0 Å². The third-order valence-electron chi connectivity index (χ3n) is 2.01. The van der Waals surface area contributed by atoms with Crippen LogP contribution >= 0.6 is 0 Å². The monoisotopic (exact) mass is 150 g/mol. The molecule has 0 aliphatic carbocycles. The summed E-state index contributed by atoms with van der Waals surface area (Å²) in [6.07, 6.45) is 0. The van der Waals surface area contributed by atoms with Crippen molar-refractivity contribution in [2.75, 3.05) is 0 Å². The fourth-order valence-electron chi connectivity index (χ4n) is 1.39. The van der Waals surface area contributed by atoms with Gasteiger partial charge in [0.25, 0.3) is 0 Å². The van der Waals surface area contributed by atoms with Gasteiger partial charge in [-0.2, -0.15) is 0 Å². The van der Waals surface area contributed by atoms with Crippen LogP contribution in [0.3, 0.4) is 0 Å². The number of aryl methyl sites for hydroxylation is 1. The van der Waals surface area contributed by atoms with Crippen molar-refractivity contribution < 1.29 is 20.3 Å². The molecule has 0 bridgehead atoms. The van der Waals surface area contributed by atoms with Gasteiger partial charge in [-0.05, 0) is 23.3 Å². The number of fused-ring (bicyclic) bond motifs is 1.